The van der Waals surface area contributed by atoms with Crippen LogP contribution in [0.1, 0.15) is 6.92 Å². The lowest BCUT2D eigenvalue weighted by atomic mass is 10.1. The van der Waals surface area contributed by atoms with Gasteiger partial charge in [-0.3, -0.25) is 4.99 Å². The molecule has 0 spiro atoms. The molecule has 0 aliphatic carbocycles. The first-order valence-electron chi connectivity index (χ1n) is 6.35. The van der Waals surface area contributed by atoms with Gasteiger partial charge in [-0.1, -0.05) is 58.9 Å². The Morgan fingerprint density at radius 3 is 2.74 bits per heavy atom. The second-order valence-corrected chi connectivity index (χ2v) is 6.69. The zero-order valence-electron chi connectivity index (χ0n) is 10.7. The van der Waals surface area contributed by atoms with E-state index in [1.807, 2.05) is 0 Å². The maximum absolute atomic E-state index is 4.59. The van der Waals surface area contributed by atoms with Gasteiger partial charge in [0.15, 0.2) is 5.17 Å². The highest BCUT2D eigenvalue weighted by molar-refractivity contribution is 9.10. The quantitative estimate of drug-likeness (QED) is 0.813. The van der Waals surface area contributed by atoms with E-state index in [0.717, 1.165) is 27.6 Å². The zero-order chi connectivity index (χ0) is 13.2. The number of hydrogen-bond donors (Lipinski definition) is 1. The summed E-state index contributed by atoms with van der Waals surface area (Å²) in [6.45, 7) is 3.16. The van der Waals surface area contributed by atoms with Gasteiger partial charge in [-0.15, -0.1) is 0 Å². The average Bonchev–Trinajstić information content (AvgIpc) is 2.45. The zero-order valence-corrected chi connectivity index (χ0v) is 13.1. The molecule has 1 aliphatic rings. The Balaban J connectivity index is 1.95. The molecule has 4 heteroatoms. The fourth-order valence-corrected chi connectivity index (χ4v) is 3.49. The molecule has 1 atom stereocenters. The summed E-state index contributed by atoms with van der Waals surface area (Å²) >= 11 is 5.41. The summed E-state index contributed by atoms with van der Waals surface area (Å²) in [5.41, 5.74) is 1.12. The van der Waals surface area contributed by atoms with E-state index in [4.69, 9.17) is 0 Å². The number of anilines is 1. The minimum Gasteiger partial charge on any atom is -0.334 e. The predicted octanol–water partition coefficient (Wildman–Crippen LogP) is 4.75. The van der Waals surface area contributed by atoms with Gasteiger partial charge in [-0.2, -0.15) is 0 Å². The molecule has 0 bridgehead atoms. The number of aliphatic imine (C=N–C) groups is 1. The third-order valence-electron chi connectivity index (χ3n) is 3.16. The van der Waals surface area contributed by atoms with Crippen molar-refractivity contribution < 1.29 is 0 Å². The predicted molar refractivity (Wildman–Crippen MR) is 89.2 cm³/mol. The van der Waals surface area contributed by atoms with E-state index in [-0.39, 0.29) is 0 Å². The van der Waals surface area contributed by atoms with Crippen LogP contribution in [-0.4, -0.2) is 17.5 Å². The number of fused-ring (bicyclic) bond motifs is 1. The Morgan fingerprint density at radius 2 is 2.00 bits per heavy atom. The molecule has 98 valence electrons. The first kappa shape index (κ1) is 13.0. The smallest absolute Gasteiger partial charge is 0.161 e. The number of amidine groups is 1. The SMILES string of the molecule is CC1CN=C(Nc2ccc(Br)c3ccccc23)SC1. The monoisotopic (exact) mass is 334 g/mol. The largest absolute Gasteiger partial charge is 0.334 e. The summed E-state index contributed by atoms with van der Waals surface area (Å²) in [6.07, 6.45) is 0. The van der Waals surface area contributed by atoms with Crippen molar-refractivity contribution in [3.05, 3.63) is 40.9 Å². The standard InChI is InChI=1S/C15H15BrN2S/c1-10-8-17-15(19-9-10)18-14-7-6-13(16)11-4-2-3-5-12(11)14/h2-7,10H,8-9H2,1H3,(H,17,18). The fraction of sp³-hybridized carbons (Fsp3) is 0.267. The Hall–Kier alpha value is -1.00. The molecule has 2 aromatic carbocycles. The van der Waals surface area contributed by atoms with Gasteiger partial charge in [0.2, 0.25) is 0 Å². The fourth-order valence-electron chi connectivity index (χ4n) is 2.12. The van der Waals surface area contributed by atoms with Crippen LogP contribution in [0.25, 0.3) is 10.8 Å². The van der Waals surface area contributed by atoms with Crippen LogP contribution >= 0.6 is 27.7 Å². The van der Waals surface area contributed by atoms with Crippen LogP contribution < -0.4 is 5.32 Å². The summed E-state index contributed by atoms with van der Waals surface area (Å²) in [5, 5.41) is 6.94. The van der Waals surface area contributed by atoms with Crippen molar-refractivity contribution >= 4 is 49.3 Å². The van der Waals surface area contributed by atoms with E-state index < -0.39 is 0 Å². The number of halogens is 1. The van der Waals surface area contributed by atoms with Crippen LogP contribution in [0, 0.1) is 5.92 Å². The van der Waals surface area contributed by atoms with E-state index in [1.54, 1.807) is 11.8 Å². The van der Waals surface area contributed by atoms with Gasteiger partial charge in [-0.05, 0) is 23.4 Å². The topological polar surface area (TPSA) is 24.4 Å². The second-order valence-electron chi connectivity index (χ2n) is 4.83. The molecule has 0 fully saturated rings. The summed E-state index contributed by atoms with van der Waals surface area (Å²) in [7, 11) is 0. The lowest BCUT2D eigenvalue weighted by Crippen LogP contribution is -2.18. The van der Waals surface area contributed by atoms with E-state index in [1.165, 1.54) is 10.8 Å². The van der Waals surface area contributed by atoms with Crippen molar-refractivity contribution in [2.75, 3.05) is 17.6 Å². The van der Waals surface area contributed by atoms with Gasteiger partial charge in [0.05, 0.1) is 0 Å². The van der Waals surface area contributed by atoms with Crippen LogP contribution in [0.2, 0.25) is 0 Å². The first-order chi connectivity index (χ1) is 9.24. The van der Waals surface area contributed by atoms with Crippen LogP contribution in [0.4, 0.5) is 5.69 Å². The van der Waals surface area contributed by atoms with Crippen molar-refractivity contribution in [2.24, 2.45) is 10.9 Å². The lowest BCUT2D eigenvalue weighted by Gasteiger charge is -2.19. The van der Waals surface area contributed by atoms with Gasteiger partial charge in [0.1, 0.15) is 0 Å². The third-order valence-corrected chi connectivity index (χ3v) is 5.10. The number of hydrogen-bond acceptors (Lipinski definition) is 3. The van der Waals surface area contributed by atoms with Gasteiger partial charge in [0, 0.05) is 27.8 Å². The number of nitrogens with one attached hydrogen (secondary N) is 1. The molecule has 1 aliphatic heterocycles. The maximum atomic E-state index is 4.59. The van der Waals surface area contributed by atoms with E-state index >= 15 is 0 Å². The highest BCUT2D eigenvalue weighted by atomic mass is 79.9. The summed E-state index contributed by atoms with van der Waals surface area (Å²) in [6, 6.07) is 12.6. The number of thioether (sulfide) groups is 1. The van der Waals surface area contributed by atoms with Crippen molar-refractivity contribution in [1.82, 2.24) is 0 Å². The second kappa shape index (κ2) is 5.55. The van der Waals surface area contributed by atoms with Crippen molar-refractivity contribution in [2.45, 2.75) is 6.92 Å². The Bertz CT molecular complexity index is 639. The Morgan fingerprint density at radius 1 is 1.21 bits per heavy atom. The molecule has 0 aromatic heterocycles. The van der Waals surface area contributed by atoms with Gasteiger partial charge >= 0.3 is 0 Å². The third kappa shape index (κ3) is 2.79. The Labute approximate surface area is 125 Å². The minimum absolute atomic E-state index is 0.678. The molecule has 0 saturated carbocycles. The molecule has 3 rings (SSSR count). The molecule has 1 N–H and O–H groups in total. The molecule has 2 nitrogen and oxygen atoms in total. The number of nitrogens with zero attached hydrogens (tertiary/aromatic N) is 1. The Kier molecular flexibility index (Phi) is 3.80. The van der Waals surface area contributed by atoms with Crippen LogP contribution in [0.5, 0.6) is 0 Å². The molecular formula is C15H15BrN2S. The summed E-state index contributed by atoms with van der Waals surface area (Å²) < 4.78 is 1.13. The number of benzene rings is 2. The summed E-state index contributed by atoms with van der Waals surface area (Å²) in [5.74, 6) is 1.82. The van der Waals surface area contributed by atoms with Crippen molar-refractivity contribution in [3.8, 4) is 0 Å². The van der Waals surface area contributed by atoms with Gasteiger partial charge < -0.3 is 5.32 Å². The highest BCUT2D eigenvalue weighted by Crippen LogP contribution is 2.31. The molecular weight excluding hydrogens is 320 g/mol. The molecule has 1 heterocycles. The summed E-state index contributed by atoms with van der Waals surface area (Å²) in [4.78, 5) is 4.59. The van der Waals surface area contributed by atoms with Gasteiger partial charge in [0.25, 0.3) is 0 Å². The highest BCUT2D eigenvalue weighted by Gasteiger charge is 2.13. The number of rotatable bonds is 1. The molecule has 0 saturated heterocycles. The molecule has 2 aromatic rings. The van der Waals surface area contributed by atoms with Crippen molar-refractivity contribution in [1.29, 1.82) is 0 Å². The molecule has 1 unspecified atom stereocenters. The van der Waals surface area contributed by atoms with Crippen molar-refractivity contribution in [3.63, 3.8) is 0 Å². The molecule has 0 radical (unpaired) electrons. The minimum atomic E-state index is 0.678. The van der Waals surface area contributed by atoms with E-state index in [9.17, 15) is 0 Å². The molecule has 19 heavy (non-hydrogen) atoms. The maximum Gasteiger partial charge on any atom is 0.161 e. The van der Waals surface area contributed by atoms with Crippen LogP contribution in [-0.2, 0) is 0 Å². The van der Waals surface area contributed by atoms with E-state index in [2.05, 4.69) is 69.6 Å². The van der Waals surface area contributed by atoms with Crippen LogP contribution in [0.3, 0.4) is 0 Å². The van der Waals surface area contributed by atoms with Crippen LogP contribution in [0.15, 0.2) is 45.9 Å². The van der Waals surface area contributed by atoms with E-state index in [0.29, 0.717) is 5.92 Å². The lowest BCUT2D eigenvalue weighted by molar-refractivity contribution is 0.674. The van der Waals surface area contributed by atoms with Gasteiger partial charge in [-0.25, -0.2) is 0 Å². The first-order valence-corrected chi connectivity index (χ1v) is 8.13. The average molecular weight is 335 g/mol. The molecule has 0 amide bonds. The normalized spacial score (nSPS) is 19.3.